The normalized spacial score (nSPS) is 24.7. The molecule has 0 aromatic carbocycles. The Hall–Kier alpha value is -0.660. The Bertz CT molecular complexity index is 459. The van der Waals surface area contributed by atoms with Crippen molar-refractivity contribution in [3.8, 4) is 0 Å². The number of hydrogen-bond acceptors (Lipinski definition) is 4. The fourth-order valence-corrected chi connectivity index (χ4v) is 4.39. The van der Waals surface area contributed by atoms with Gasteiger partial charge in [0.05, 0.1) is 5.75 Å². The molecule has 2 saturated heterocycles. The SMILES string of the molecule is NS(=O)(=O)CC1CC(=O)N(CCCCN2CCCCCC2)C1. The fraction of sp³-hybridized carbons (Fsp3) is 0.933. The van der Waals surface area contributed by atoms with Crippen molar-refractivity contribution in [1.82, 2.24) is 9.80 Å². The Labute approximate surface area is 134 Å². The number of amides is 1. The van der Waals surface area contributed by atoms with Gasteiger partial charge in [0.1, 0.15) is 0 Å². The third-order valence-corrected chi connectivity index (χ3v) is 5.55. The van der Waals surface area contributed by atoms with Gasteiger partial charge in [-0.2, -0.15) is 0 Å². The highest BCUT2D eigenvalue weighted by atomic mass is 32.2. The summed E-state index contributed by atoms with van der Waals surface area (Å²) in [5, 5.41) is 5.06. The molecule has 0 aromatic rings. The van der Waals surface area contributed by atoms with Crippen LogP contribution in [0.1, 0.15) is 44.9 Å². The first-order valence-electron chi connectivity index (χ1n) is 8.44. The molecule has 2 heterocycles. The van der Waals surface area contributed by atoms with Crippen molar-refractivity contribution < 1.29 is 13.2 Å². The zero-order valence-corrected chi connectivity index (χ0v) is 14.2. The van der Waals surface area contributed by atoms with Crippen LogP contribution >= 0.6 is 0 Å². The number of rotatable bonds is 7. The predicted molar refractivity (Wildman–Crippen MR) is 86.8 cm³/mol. The molecule has 2 aliphatic heterocycles. The van der Waals surface area contributed by atoms with Crippen molar-refractivity contribution in [3.63, 3.8) is 0 Å². The second-order valence-electron chi connectivity index (χ2n) is 6.70. The van der Waals surface area contributed by atoms with Gasteiger partial charge in [-0.3, -0.25) is 4.79 Å². The predicted octanol–water partition coefficient (Wildman–Crippen LogP) is 0.780. The van der Waals surface area contributed by atoms with Crippen molar-refractivity contribution >= 4 is 15.9 Å². The molecular weight excluding hydrogens is 302 g/mol. The van der Waals surface area contributed by atoms with E-state index in [1.807, 2.05) is 0 Å². The summed E-state index contributed by atoms with van der Waals surface area (Å²) in [5.41, 5.74) is 0. The average Bonchev–Trinajstić information content (AvgIpc) is 2.64. The van der Waals surface area contributed by atoms with Gasteiger partial charge in [0, 0.05) is 25.4 Å². The van der Waals surface area contributed by atoms with E-state index in [4.69, 9.17) is 5.14 Å². The second-order valence-corrected chi connectivity index (χ2v) is 8.36. The summed E-state index contributed by atoms with van der Waals surface area (Å²) in [6.07, 6.45) is 7.73. The molecule has 0 bridgehead atoms. The number of likely N-dealkylation sites (tertiary alicyclic amines) is 2. The summed E-state index contributed by atoms with van der Waals surface area (Å²) in [6.45, 7) is 4.81. The lowest BCUT2D eigenvalue weighted by molar-refractivity contribution is -0.127. The van der Waals surface area contributed by atoms with Gasteiger partial charge in [-0.1, -0.05) is 12.8 Å². The first-order valence-corrected chi connectivity index (χ1v) is 10.2. The van der Waals surface area contributed by atoms with Crippen LogP contribution in [0.25, 0.3) is 0 Å². The Kier molecular flexibility index (Phi) is 6.65. The van der Waals surface area contributed by atoms with Gasteiger partial charge in [0.2, 0.25) is 15.9 Å². The highest BCUT2D eigenvalue weighted by molar-refractivity contribution is 7.89. The summed E-state index contributed by atoms with van der Waals surface area (Å²) in [7, 11) is -3.48. The third kappa shape index (κ3) is 6.22. The van der Waals surface area contributed by atoms with Crippen LogP contribution in [-0.2, 0) is 14.8 Å². The molecule has 6 nitrogen and oxygen atoms in total. The number of primary sulfonamides is 1. The molecule has 1 unspecified atom stereocenters. The first kappa shape index (κ1) is 17.7. The highest BCUT2D eigenvalue weighted by Gasteiger charge is 2.31. The van der Waals surface area contributed by atoms with Crippen molar-refractivity contribution in [2.24, 2.45) is 11.1 Å². The van der Waals surface area contributed by atoms with Crippen molar-refractivity contribution in [2.75, 3.05) is 38.5 Å². The molecular formula is C15H29N3O3S. The molecule has 22 heavy (non-hydrogen) atoms. The molecule has 0 aromatic heterocycles. The van der Waals surface area contributed by atoms with Crippen molar-refractivity contribution in [3.05, 3.63) is 0 Å². The van der Waals surface area contributed by atoms with Gasteiger partial charge in [0.25, 0.3) is 0 Å². The molecule has 0 spiro atoms. The first-order chi connectivity index (χ1) is 10.4. The monoisotopic (exact) mass is 331 g/mol. The minimum absolute atomic E-state index is 0.0726. The smallest absolute Gasteiger partial charge is 0.222 e. The summed E-state index contributed by atoms with van der Waals surface area (Å²) in [6, 6.07) is 0. The molecule has 2 fully saturated rings. The van der Waals surface area contributed by atoms with Crippen molar-refractivity contribution in [1.29, 1.82) is 0 Å². The molecule has 0 saturated carbocycles. The summed E-state index contributed by atoms with van der Waals surface area (Å²) in [4.78, 5) is 16.2. The highest BCUT2D eigenvalue weighted by Crippen LogP contribution is 2.19. The van der Waals surface area contributed by atoms with Gasteiger partial charge in [0.15, 0.2) is 0 Å². The fourth-order valence-electron chi connectivity index (χ4n) is 3.51. The molecule has 2 aliphatic rings. The van der Waals surface area contributed by atoms with Gasteiger partial charge < -0.3 is 9.80 Å². The standard InChI is InChI=1S/C15H29N3O3S/c16-22(20,21)13-14-11-15(19)18(12-14)10-6-5-9-17-7-3-1-2-4-8-17/h14H,1-13H2,(H2,16,20,21). The van der Waals surface area contributed by atoms with E-state index >= 15 is 0 Å². The van der Waals surface area contributed by atoms with E-state index in [-0.39, 0.29) is 17.6 Å². The maximum Gasteiger partial charge on any atom is 0.222 e. The number of nitrogens with two attached hydrogens (primary N) is 1. The number of hydrogen-bond donors (Lipinski definition) is 1. The maximum absolute atomic E-state index is 11.9. The van der Waals surface area contributed by atoms with Crippen LogP contribution in [0.5, 0.6) is 0 Å². The van der Waals surface area contributed by atoms with Crippen LogP contribution in [0.2, 0.25) is 0 Å². The molecule has 7 heteroatoms. The lowest BCUT2D eigenvalue weighted by atomic mass is 10.1. The molecule has 2 rings (SSSR count). The van der Waals surface area contributed by atoms with Crippen LogP contribution in [0.3, 0.4) is 0 Å². The van der Waals surface area contributed by atoms with E-state index in [9.17, 15) is 13.2 Å². The van der Waals surface area contributed by atoms with Crippen LogP contribution in [0, 0.1) is 5.92 Å². The number of unbranched alkanes of at least 4 members (excludes halogenated alkanes) is 1. The van der Waals surface area contributed by atoms with E-state index in [0.29, 0.717) is 13.0 Å². The molecule has 0 aliphatic carbocycles. The number of carbonyl (C=O) groups excluding carboxylic acids is 1. The zero-order valence-electron chi connectivity index (χ0n) is 13.4. The summed E-state index contributed by atoms with van der Waals surface area (Å²) >= 11 is 0. The van der Waals surface area contributed by atoms with E-state index in [1.54, 1.807) is 4.90 Å². The van der Waals surface area contributed by atoms with E-state index in [2.05, 4.69) is 4.90 Å². The van der Waals surface area contributed by atoms with E-state index in [0.717, 1.165) is 25.9 Å². The Morgan fingerprint density at radius 3 is 2.32 bits per heavy atom. The maximum atomic E-state index is 11.9. The Morgan fingerprint density at radius 2 is 1.68 bits per heavy atom. The second kappa shape index (κ2) is 8.26. The van der Waals surface area contributed by atoms with Gasteiger partial charge in [-0.15, -0.1) is 0 Å². The van der Waals surface area contributed by atoms with Crippen LogP contribution < -0.4 is 5.14 Å². The lowest BCUT2D eigenvalue weighted by Gasteiger charge is -2.21. The summed E-state index contributed by atoms with van der Waals surface area (Å²) in [5.74, 6) is -0.139. The van der Waals surface area contributed by atoms with Gasteiger partial charge >= 0.3 is 0 Å². The van der Waals surface area contributed by atoms with Gasteiger partial charge in [-0.05, 0) is 45.3 Å². The number of carbonyl (C=O) groups is 1. The molecule has 128 valence electrons. The Morgan fingerprint density at radius 1 is 1.05 bits per heavy atom. The third-order valence-electron chi connectivity index (χ3n) is 4.61. The van der Waals surface area contributed by atoms with Crippen molar-refractivity contribution in [2.45, 2.75) is 44.9 Å². The summed E-state index contributed by atoms with van der Waals surface area (Å²) < 4.78 is 22.2. The lowest BCUT2D eigenvalue weighted by Crippen LogP contribution is -2.30. The largest absolute Gasteiger partial charge is 0.342 e. The molecule has 0 radical (unpaired) electrons. The van der Waals surface area contributed by atoms with Crippen LogP contribution in [-0.4, -0.2) is 62.6 Å². The minimum Gasteiger partial charge on any atom is -0.342 e. The average molecular weight is 331 g/mol. The zero-order chi connectivity index (χ0) is 16.0. The number of nitrogens with zero attached hydrogens (tertiary/aromatic N) is 2. The van der Waals surface area contributed by atoms with Gasteiger partial charge in [-0.25, -0.2) is 13.6 Å². The molecule has 2 N–H and O–H groups in total. The topological polar surface area (TPSA) is 83.7 Å². The Balaban J connectivity index is 1.63. The quantitative estimate of drug-likeness (QED) is 0.699. The van der Waals surface area contributed by atoms with E-state index < -0.39 is 10.0 Å². The molecule has 1 atom stereocenters. The van der Waals surface area contributed by atoms with Crippen LogP contribution in [0.15, 0.2) is 0 Å². The van der Waals surface area contributed by atoms with Crippen LogP contribution in [0.4, 0.5) is 0 Å². The minimum atomic E-state index is -3.48. The number of sulfonamides is 1. The van der Waals surface area contributed by atoms with E-state index in [1.165, 1.54) is 38.8 Å². The molecule has 1 amide bonds.